The van der Waals surface area contributed by atoms with Gasteiger partial charge in [-0.25, -0.2) is 4.79 Å². The number of esters is 1. The number of para-hydroxylation sites is 1. The first-order valence-electron chi connectivity index (χ1n) is 9.72. The van der Waals surface area contributed by atoms with Crippen LogP contribution in [0.15, 0.2) is 42.5 Å². The van der Waals surface area contributed by atoms with E-state index in [1.54, 1.807) is 6.92 Å². The first kappa shape index (κ1) is 19.0. The van der Waals surface area contributed by atoms with E-state index in [1.165, 1.54) is 12.8 Å². The van der Waals surface area contributed by atoms with Crippen molar-refractivity contribution in [3.8, 4) is 5.75 Å². The van der Waals surface area contributed by atoms with Gasteiger partial charge in [-0.15, -0.1) is 0 Å². The predicted octanol–water partition coefficient (Wildman–Crippen LogP) is 4.82. The van der Waals surface area contributed by atoms with E-state index in [0.29, 0.717) is 11.7 Å². The minimum atomic E-state index is -0.679. The van der Waals surface area contributed by atoms with Crippen molar-refractivity contribution < 1.29 is 19.0 Å². The Hall–Kier alpha value is -1.81. The van der Waals surface area contributed by atoms with Gasteiger partial charge in [0.15, 0.2) is 0 Å². The summed E-state index contributed by atoms with van der Waals surface area (Å²) >= 11 is 0. The van der Waals surface area contributed by atoms with Crippen molar-refractivity contribution in [2.24, 2.45) is 0 Å². The SMILES string of the molecule is C=C(C)C(=O)OC1(C)CCC(OC2CCCC2)CC1Oc1ccccc1. The Balaban J connectivity index is 1.72. The van der Waals surface area contributed by atoms with Crippen LogP contribution in [0.1, 0.15) is 58.8 Å². The van der Waals surface area contributed by atoms with E-state index < -0.39 is 5.60 Å². The van der Waals surface area contributed by atoms with E-state index in [0.717, 1.165) is 37.9 Å². The van der Waals surface area contributed by atoms with Gasteiger partial charge in [0.1, 0.15) is 17.5 Å². The van der Waals surface area contributed by atoms with Gasteiger partial charge in [-0.3, -0.25) is 0 Å². The number of hydrogen-bond acceptors (Lipinski definition) is 4. The zero-order chi connectivity index (χ0) is 18.6. The number of carbonyl (C=O) groups excluding carboxylic acids is 1. The summed E-state index contributed by atoms with van der Waals surface area (Å²) in [6.45, 7) is 7.34. The summed E-state index contributed by atoms with van der Waals surface area (Å²) in [4.78, 5) is 12.2. The molecule has 1 aromatic rings. The number of ether oxygens (including phenoxy) is 3. The van der Waals surface area contributed by atoms with Crippen molar-refractivity contribution in [3.63, 3.8) is 0 Å². The highest BCUT2D eigenvalue weighted by Gasteiger charge is 2.46. The molecular weight excluding hydrogens is 328 g/mol. The highest BCUT2D eigenvalue weighted by molar-refractivity contribution is 5.87. The van der Waals surface area contributed by atoms with Gasteiger partial charge in [0.2, 0.25) is 0 Å². The molecule has 2 aliphatic rings. The topological polar surface area (TPSA) is 44.8 Å². The van der Waals surface area contributed by atoms with Crippen LogP contribution in [0.3, 0.4) is 0 Å². The van der Waals surface area contributed by atoms with Crippen LogP contribution < -0.4 is 4.74 Å². The molecule has 0 N–H and O–H groups in total. The Morgan fingerprint density at radius 1 is 1.12 bits per heavy atom. The van der Waals surface area contributed by atoms with Crippen molar-refractivity contribution in [2.45, 2.75) is 82.7 Å². The van der Waals surface area contributed by atoms with Crippen LogP contribution in [0.5, 0.6) is 5.75 Å². The van der Waals surface area contributed by atoms with Crippen LogP contribution in [0.2, 0.25) is 0 Å². The molecule has 142 valence electrons. The Morgan fingerprint density at radius 2 is 1.81 bits per heavy atom. The van der Waals surface area contributed by atoms with Crippen LogP contribution in [-0.2, 0) is 14.3 Å². The standard InChI is InChI=1S/C22H30O4/c1-16(2)21(23)26-22(3)14-13-19(24-17-11-7-8-12-17)15-20(22)25-18-9-5-4-6-10-18/h4-6,9-10,17,19-20H,1,7-8,11-15H2,2-3H3. The Labute approximate surface area is 156 Å². The van der Waals surface area contributed by atoms with E-state index in [-0.39, 0.29) is 18.2 Å². The summed E-state index contributed by atoms with van der Waals surface area (Å²) in [6.07, 6.45) is 7.45. The molecular formula is C22H30O4. The third kappa shape index (κ3) is 4.67. The van der Waals surface area contributed by atoms with Crippen LogP contribution in [0, 0.1) is 0 Å². The second kappa shape index (κ2) is 8.26. The quantitative estimate of drug-likeness (QED) is 0.540. The van der Waals surface area contributed by atoms with E-state index in [2.05, 4.69) is 6.58 Å². The molecule has 2 saturated carbocycles. The molecule has 4 nitrogen and oxygen atoms in total. The van der Waals surface area contributed by atoms with Gasteiger partial charge in [-0.05, 0) is 51.7 Å². The van der Waals surface area contributed by atoms with Crippen LogP contribution in [0.25, 0.3) is 0 Å². The van der Waals surface area contributed by atoms with Gasteiger partial charge in [0, 0.05) is 12.0 Å². The van der Waals surface area contributed by atoms with E-state index in [9.17, 15) is 4.79 Å². The average Bonchev–Trinajstić information content (AvgIpc) is 3.12. The number of hydrogen-bond donors (Lipinski definition) is 0. The molecule has 1 aromatic carbocycles. The maximum absolute atomic E-state index is 12.2. The summed E-state index contributed by atoms with van der Waals surface area (Å²) in [6, 6.07) is 9.72. The van der Waals surface area contributed by atoms with Crippen LogP contribution in [-0.4, -0.2) is 29.9 Å². The fourth-order valence-corrected chi connectivity index (χ4v) is 3.89. The highest BCUT2D eigenvalue weighted by Crippen LogP contribution is 2.38. The summed E-state index contributed by atoms with van der Waals surface area (Å²) in [7, 11) is 0. The number of carbonyl (C=O) groups is 1. The van der Waals surface area contributed by atoms with Gasteiger partial charge in [0.25, 0.3) is 0 Å². The molecule has 2 fully saturated rings. The molecule has 0 aliphatic heterocycles. The van der Waals surface area contributed by atoms with Crippen molar-refractivity contribution in [2.75, 3.05) is 0 Å². The monoisotopic (exact) mass is 358 g/mol. The first-order chi connectivity index (χ1) is 12.5. The molecule has 0 bridgehead atoms. The molecule has 0 heterocycles. The Morgan fingerprint density at radius 3 is 2.46 bits per heavy atom. The third-order valence-corrected chi connectivity index (χ3v) is 5.50. The first-order valence-corrected chi connectivity index (χ1v) is 9.72. The lowest BCUT2D eigenvalue weighted by molar-refractivity contribution is -0.178. The molecule has 4 heteroatoms. The lowest BCUT2D eigenvalue weighted by Gasteiger charge is -2.43. The maximum atomic E-state index is 12.2. The third-order valence-electron chi connectivity index (χ3n) is 5.50. The predicted molar refractivity (Wildman–Crippen MR) is 101 cm³/mol. The molecule has 3 rings (SSSR count). The minimum Gasteiger partial charge on any atom is -0.486 e. The maximum Gasteiger partial charge on any atom is 0.333 e. The van der Waals surface area contributed by atoms with Crippen molar-refractivity contribution in [1.82, 2.24) is 0 Å². The molecule has 0 spiro atoms. The lowest BCUT2D eigenvalue weighted by Crippen LogP contribution is -2.52. The lowest BCUT2D eigenvalue weighted by atomic mass is 9.81. The fourth-order valence-electron chi connectivity index (χ4n) is 3.89. The van der Waals surface area contributed by atoms with E-state index in [4.69, 9.17) is 14.2 Å². The highest BCUT2D eigenvalue weighted by atomic mass is 16.6. The minimum absolute atomic E-state index is 0.156. The summed E-state index contributed by atoms with van der Waals surface area (Å²) < 4.78 is 18.4. The Bertz CT molecular complexity index is 620. The molecule has 0 aromatic heterocycles. The van der Waals surface area contributed by atoms with Gasteiger partial charge >= 0.3 is 5.97 Å². The summed E-state index contributed by atoms with van der Waals surface area (Å²) in [5, 5.41) is 0. The normalized spacial score (nSPS) is 29.3. The van der Waals surface area contributed by atoms with Gasteiger partial charge in [0.05, 0.1) is 12.2 Å². The van der Waals surface area contributed by atoms with Crippen LogP contribution >= 0.6 is 0 Å². The zero-order valence-electron chi connectivity index (χ0n) is 15.9. The van der Waals surface area contributed by atoms with Crippen molar-refractivity contribution in [3.05, 3.63) is 42.5 Å². The molecule has 0 saturated heterocycles. The summed E-state index contributed by atoms with van der Waals surface area (Å²) in [5.41, 5.74) is -0.268. The number of rotatable bonds is 6. The smallest absolute Gasteiger partial charge is 0.333 e. The molecule has 26 heavy (non-hydrogen) atoms. The van der Waals surface area contributed by atoms with Crippen molar-refractivity contribution >= 4 is 5.97 Å². The average molecular weight is 358 g/mol. The molecule has 0 radical (unpaired) electrons. The second-order valence-electron chi connectivity index (χ2n) is 7.84. The number of benzene rings is 1. The molecule has 3 atom stereocenters. The fraction of sp³-hybridized carbons (Fsp3) is 0.591. The largest absolute Gasteiger partial charge is 0.486 e. The van der Waals surface area contributed by atoms with Gasteiger partial charge in [-0.1, -0.05) is 37.6 Å². The van der Waals surface area contributed by atoms with E-state index >= 15 is 0 Å². The van der Waals surface area contributed by atoms with Crippen molar-refractivity contribution in [1.29, 1.82) is 0 Å². The Kier molecular flexibility index (Phi) is 6.02. The van der Waals surface area contributed by atoms with Gasteiger partial charge < -0.3 is 14.2 Å². The molecule has 0 amide bonds. The molecule has 3 unspecified atom stereocenters. The van der Waals surface area contributed by atoms with Crippen LogP contribution in [0.4, 0.5) is 0 Å². The van der Waals surface area contributed by atoms with Gasteiger partial charge in [-0.2, -0.15) is 0 Å². The van der Waals surface area contributed by atoms with E-state index in [1.807, 2.05) is 37.3 Å². The summed E-state index contributed by atoms with van der Waals surface area (Å²) in [5.74, 6) is 0.431. The zero-order valence-corrected chi connectivity index (χ0v) is 15.9. The second-order valence-corrected chi connectivity index (χ2v) is 7.84. The molecule has 2 aliphatic carbocycles.